The molecule has 0 unspecified atom stereocenters. The van der Waals surface area contributed by atoms with Gasteiger partial charge in [-0.3, -0.25) is 0 Å². The fourth-order valence-electron chi connectivity index (χ4n) is 4.71. The minimum atomic E-state index is -0.445. The SMILES string of the molecule is CCOC(=O)c1c(C)n(-c2ccccc2)c2c1cc(OC(=O)c1ccc(C)c(C)c1)c1ccccc12. The van der Waals surface area contributed by atoms with E-state index < -0.39 is 11.9 Å². The molecule has 5 nitrogen and oxygen atoms in total. The summed E-state index contributed by atoms with van der Waals surface area (Å²) in [6.07, 6.45) is 0. The summed E-state index contributed by atoms with van der Waals surface area (Å²) in [4.78, 5) is 26.3. The third-order valence-corrected chi connectivity index (χ3v) is 6.61. The largest absolute Gasteiger partial charge is 0.462 e. The molecule has 5 aromatic rings. The number of carbonyl (C=O) groups is 2. The van der Waals surface area contributed by atoms with Gasteiger partial charge in [-0.15, -0.1) is 0 Å². The fourth-order valence-corrected chi connectivity index (χ4v) is 4.71. The molecule has 5 rings (SSSR count). The molecule has 0 N–H and O–H groups in total. The molecule has 0 aliphatic rings. The molecule has 0 fully saturated rings. The van der Waals surface area contributed by atoms with E-state index in [2.05, 4.69) is 4.57 Å². The highest BCUT2D eigenvalue weighted by Gasteiger charge is 2.25. The normalized spacial score (nSPS) is 11.1. The lowest BCUT2D eigenvalue weighted by Crippen LogP contribution is -2.09. The molecule has 1 heterocycles. The number of nitrogens with zero attached hydrogens (tertiary/aromatic N) is 1. The summed E-state index contributed by atoms with van der Waals surface area (Å²) in [5.74, 6) is -0.451. The quantitative estimate of drug-likeness (QED) is 0.200. The summed E-state index contributed by atoms with van der Waals surface area (Å²) in [6.45, 7) is 7.93. The average molecular weight is 478 g/mol. The summed E-state index contributed by atoms with van der Waals surface area (Å²) >= 11 is 0. The van der Waals surface area contributed by atoms with Gasteiger partial charge in [-0.25, -0.2) is 9.59 Å². The number of hydrogen-bond acceptors (Lipinski definition) is 4. The molecule has 0 aliphatic heterocycles. The van der Waals surface area contributed by atoms with Crippen molar-refractivity contribution in [1.29, 1.82) is 0 Å². The predicted molar refractivity (Wildman–Crippen MR) is 142 cm³/mol. The van der Waals surface area contributed by atoms with Crippen molar-refractivity contribution in [3.8, 4) is 11.4 Å². The Balaban J connectivity index is 1.78. The van der Waals surface area contributed by atoms with E-state index in [1.165, 1.54) is 0 Å². The first-order valence-electron chi connectivity index (χ1n) is 12.0. The maximum absolute atomic E-state index is 13.2. The number of rotatable bonds is 5. The van der Waals surface area contributed by atoms with Crippen LogP contribution in [-0.2, 0) is 4.74 Å². The van der Waals surface area contributed by atoms with Crippen LogP contribution in [0, 0.1) is 20.8 Å². The van der Waals surface area contributed by atoms with E-state index in [1.54, 1.807) is 19.1 Å². The van der Waals surface area contributed by atoms with Gasteiger partial charge in [0.1, 0.15) is 5.75 Å². The number of para-hydroxylation sites is 1. The highest BCUT2D eigenvalue weighted by molar-refractivity contribution is 6.17. The number of hydrogen-bond donors (Lipinski definition) is 0. The first kappa shape index (κ1) is 23.4. The lowest BCUT2D eigenvalue weighted by molar-refractivity contribution is 0.0527. The van der Waals surface area contributed by atoms with Gasteiger partial charge in [0, 0.05) is 27.5 Å². The van der Waals surface area contributed by atoms with Crippen LogP contribution < -0.4 is 4.74 Å². The van der Waals surface area contributed by atoms with E-state index in [9.17, 15) is 9.59 Å². The van der Waals surface area contributed by atoms with Gasteiger partial charge in [0.05, 0.1) is 23.3 Å². The van der Waals surface area contributed by atoms with Crippen LogP contribution in [0.2, 0.25) is 0 Å². The standard InChI is InChI=1S/C31H27NO4/c1-5-35-31(34)28-21(4)32(23-11-7-6-8-12-23)29-25-14-10-9-13-24(25)27(18-26(28)29)36-30(33)22-16-15-19(2)20(3)17-22/h6-18H,5H2,1-4H3. The minimum Gasteiger partial charge on any atom is -0.462 e. The van der Waals surface area contributed by atoms with Crippen molar-refractivity contribution < 1.29 is 19.1 Å². The zero-order valence-electron chi connectivity index (χ0n) is 20.8. The van der Waals surface area contributed by atoms with E-state index >= 15 is 0 Å². The summed E-state index contributed by atoms with van der Waals surface area (Å²) in [6, 6.07) is 25.0. The van der Waals surface area contributed by atoms with Crippen LogP contribution in [-0.4, -0.2) is 23.1 Å². The van der Waals surface area contributed by atoms with Crippen molar-refractivity contribution >= 4 is 33.6 Å². The number of aryl methyl sites for hydroxylation is 2. The fraction of sp³-hybridized carbons (Fsp3) is 0.161. The molecule has 180 valence electrons. The zero-order chi connectivity index (χ0) is 25.4. The number of fused-ring (bicyclic) bond motifs is 3. The van der Waals surface area contributed by atoms with Crippen LogP contribution >= 0.6 is 0 Å². The van der Waals surface area contributed by atoms with Crippen LogP contribution in [0.15, 0.2) is 78.9 Å². The Morgan fingerprint density at radius 2 is 1.44 bits per heavy atom. The Kier molecular flexibility index (Phi) is 6.06. The average Bonchev–Trinajstić information content (AvgIpc) is 3.18. The number of esters is 2. The van der Waals surface area contributed by atoms with E-state index in [1.807, 2.05) is 87.5 Å². The zero-order valence-corrected chi connectivity index (χ0v) is 20.8. The third-order valence-electron chi connectivity index (χ3n) is 6.61. The topological polar surface area (TPSA) is 57.5 Å². The molecule has 0 amide bonds. The van der Waals surface area contributed by atoms with Gasteiger partial charge in [0.15, 0.2) is 0 Å². The van der Waals surface area contributed by atoms with Gasteiger partial charge < -0.3 is 14.0 Å². The Bertz CT molecular complexity index is 1630. The van der Waals surface area contributed by atoms with E-state index in [-0.39, 0.29) is 6.61 Å². The second kappa shape index (κ2) is 9.34. The molecule has 5 heteroatoms. The Hall–Kier alpha value is -4.38. The molecular formula is C31H27NO4. The molecule has 0 radical (unpaired) electrons. The van der Waals surface area contributed by atoms with E-state index in [4.69, 9.17) is 9.47 Å². The summed E-state index contributed by atoms with van der Waals surface area (Å²) in [5, 5.41) is 2.34. The van der Waals surface area contributed by atoms with Crippen molar-refractivity contribution in [2.24, 2.45) is 0 Å². The molecule has 0 aliphatic carbocycles. The third kappa shape index (κ3) is 3.93. The van der Waals surface area contributed by atoms with Gasteiger partial charge in [0.2, 0.25) is 0 Å². The number of carbonyl (C=O) groups excluding carboxylic acids is 2. The molecular weight excluding hydrogens is 450 g/mol. The Morgan fingerprint density at radius 3 is 2.14 bits per heavy atom. The smallest absolute Gasteiger partial charge is 0.343 e. The van der Waals surface area contributed by atoms with Gasteiger partial charge >= 0.3 is 11.9 Å². The minimum absolute atomic E-state index is 0.262. The van der Waals surface area contributed by atoms with Gasteiger partial charge in [-0.05, 0) is 69.2 Å². The number of ether oxygens (including phenoxy) is 2. The summed E-state index contributed by atoms with van der Waals surface area (Å²) < 4.78 is 13.5. The molecule has 0 bridgehead atoms. The lowest BCUT2D eigenvalue weighted by atomic mass is 10.0. The van der Waals surface area contributed by atoms with E-state index in [0.29, 0.717) is 22.3 Å². The van der Waals surface area contributed by atoms with Crippen LogP contribution in [0.25, 0.3) is 27.4 Å². The molecule has 36 heavy (non-hydrogen) atoms. The molecule has 0 saturated heterocycles. The second-order valence-electron chi connectivity index (χ2n) is 8.86. The highest BCUT2D eigenvalue weighted by Crippen LogP contribution is 2.40. The second-order valence-corrected chi connectivity index (χ2v) is 8.86. The van der Waals surface area contributed by atoms with Gasteiger partial charge in [0.25, 0.3) is 0 Å². The Labute approximate surface area is 209 Å². The predicted octanol–water partition coefficient (Wildman–Crippen LogP) is 7.10. The lowest BCUT2D eigenvalue weighted by Gasteiger charge is -2.13. The van der Waals surface area contributed by atoms with Crippen LogP contribution in [0.1, 0.15) is 44.5 Å². The Morgan fingerprint density at radius 1 is 0.750 bits per heavy atom. The maximum Gasteiger partial charge on any atom is 0.343 e. The van der Waals surface area contributed by atoms with Crippen LogP contribution in [0.4, 0.5) is 0 Å². The summed E-state index contributed by atoms with van der Waals surface area (Å²) in [5.41, 5.74) is 5.62. The van der Waals surface area contributed by atoms with Crippen molar-refractivity contribution in [3.63, 3.8) is 0 Å². The van der Waals surface area contributed by atoms with Crippen molar-refractivity contribution in [1.82, 2.24) is 4.57 Å². The first-order valence-corrected chi connectivity index (χ1v) is 12.0. The van der Waals surface area contributed by atoms with Crippen molar-refractivity contribution in [3.05, 3.63) is 107 Å². The maximum atomic E-state index is 13.2. The first-order chi connectivity index (χ1) is 17.4. The molecule has 0 spiro atoms. The number of aromatic nitrogens is 1. The van der Waals surface area contributed by atoms with E-state index in [0.717, 1.165) is 38.8 Å². The van der Waals surface area contributed by atoms with Crippen molar-refractivity contribution in [2.45, 2.75) is 27.7 Å². The highest BCUT2D eigenvalue weighted by atomic mass is 16.5. The van der Waals surface area contributed by atoms with Crippen LogP contribution in [0.3, 0.4) is 0 Å². The number of benzene rings is 4. The molecule has 0 saturated carbocycles. The molecule has 0 atom stereocenters. The van der Waals surface area contributed by atoms with Gasteiger partial charge in [-0.2, -0.15) is 0 Å². The van der Waals surface area contributed by atoms with Gasteiger partial charge in [-0.1, -0.05) is 48.5 Å². The van der Waals surface area contributed by atoms with Crippen molar-refractivity contribution in [2.75, 3.05) is 6.61 Å². The monoisotopic (exact) mass is 477 g/mol. The molecule has 1 aromatic heterocycles. The van der Waals surface area contributed by atoms with Crippen LogP contribution in [0.5, 0.6) is 5.75 Å². The summed E-state index contributed by atoms with van der Waals surface area (Å²) in [7, 11) is 0. The molecule has 4 aromatic carbocycles.